The van der Waals surface area contributed by atoms with Gasteiger partial charge in [0.25, 0.3) is 5.91 Å². The quantitative estimate of drug-likeness (QED) is 0.849. The maximum absolute atomic E-state index is 12.9. The van der Waals surface area contributed by atoms with Crippen LogP contribution in [0, 0.1) is 5.82 Å². The number of sulfonamides is 1. The highest BCUT2D eigenvalue weighted by molar-refractivity contribution is 7.89. The summed E-state index contributed by atoms with van der Waals surface area (Å²) in [6.45, 7) is 1.74. The van der Waals surface area contributed by atoms with E-state index in [0.717, 1.165) is 5.56 Å². The molecule has 0 heterocycles. The van der Waals surface area contributed by atoms with Gasteiger partial charge in [-0.1, -0.05) is 23.7 Å². The molecule has 0 aliphatic heterocycles. The summed E-state index contributed by atoms with van der Waals surface area (Å²) in [4.78, 5) is 12.2. The van der Waals surface area contributed by atoms with Crippen LogP contribution in [-0.4, -0.2) is 21.4 Å². The minimum atomic E-state index is -3.77. The first-order valence-corrected chi connectivity index (χ1v) is 8.90. The zero-order valence-electron chi connectivity index (χ0n) is 13.0. The predicted octanol–water partition coefficient (Wildman–Crippen LogP) is 2.88. The average Bonchev–Trinajstić information content (AvgIpc) is 2.55. The molecule has 0 fully saturated rings. The van der Waals surface area contributed by atoms with Crippen molar-refractivity contribution >= 4 is 27.5 Å². The molecule has 2 rings (SSSR count). The summed E-state index contributed by atoms with van der Waals surface area (Å²) in [6.07, 6.45) is 0. The first kappa shape index (κ1) is 18.4. The SMILES string of the molecule is CNS(=O)(=O)c1cc(C(=O)N[C@H](C)c2ccc(F)cc2)ccc1Cl. The maximum Gasteiger partial charge on any atom is 0.251 e. The minimum Gasteiger partial charge on any atom is -0.346 e. The topological polar surface area (TPSA) is 75.3 Å². The third kappa shape index (κ3) is 4.11. The van der Waals surface area contributed by atoms with Gasteiger partial charge in [-0.3, -0.25) is 4.79 Å². The van der Waals surface area contributed by atoms with Crippen LogP contribution in [0.2, 0.25) is 5.02 Å². The summed E-state index contributed by atoms with van der Waals surface area (Å²) in [5.74, 6) is -0.826. The Balaban J connectivity index is 2.24. The number of benzene rings is 2. The van der Waals surface area contributed by atoms with Crippen LogP contribution in [0.1, 0.15) is 28.9 Å². The van der Waals surface area contributed by atoms with E-state index in [0.29, 0.717) is 0 Å². The first-order valence-electron chi connectivity index (χ1n) is 7.04. The summed E-state index contributed by atoms with van der Waals surface area (Å²) < 4.78 is 38.9. The zero-order valence-corrected chi connectivity index (χ0v) is 14.6. The average molecular weight is 371 g/mol. The highest BCUT2D eigenvalue weighted by Crippen LogP contribution is 2.23. The van der Waals surface area contributed by atoms with E-state index in [1.54, 1.807) is 19.1 Å². The molecule has 0 aliphatic carbocycles. The Bertz CT molecular complexity index is 854. The van der Waals surface area contributed by atoms with Crippen LogP contribution in [0.5, 0.6) is 0 Å². The van der Waals surface area contributed by atoms with Crippen molar-refractivity contribution < 1.29 is 17.6 Å². The van der Waals surface area contributed by atoms with Gasteiger partial charge >= 0.3 is 0 Å². The molecule has 2 N–H and O–H groups in total. The van der Waals surface area contributed by atoms with E-state index in [-0.39, 0.29) is 27.3 Å². The van der Waals surface area contributed by atoms with E-state index in [9.17, 15) is 17.6 Å². The second-order valence-corrected chi connectivity index (χ2v) is 7.36. The van der Waals surface area contributed by atoms with Crippen molar-refractivity contribution in [1.82, 2.24) is 10.0 Å². The van der Waals surface area contributed by atoms with Gasteiger partial charge in [-0.05, 0) is 49.9 Å². The molecule has 0 bridgehead atoms. The van der Waals surface area contributed by atoms with E-state index in [1.807, 2.05) is 0 Å². The van der Waals surface area contributed by atoms with Crippen molar-refractivity contribution in [3.8, 4) is 0 Å². The van der Waals surface area contributed by atoms with Crippen LogP contribution in [-0.2, 0) is 10.0 Å². The fraction of sp³-hybridized carbons (Fsp3) is 0.188. The number of hydrogen-bond donors (Lipinski definition) is 2. The van der Waals surface area contributed by atoms with E-state index < -0.39 is 15.9 Å². The van der Waals surface area contributed by atoms with Gasteiger partial charge in [0.15, 0.2) is 0 Å². The summed E-state index contributed by atoms with van der Waals surface area (Å²) >= 11 is 5.89. The van der Waals surface area contributed by atoms with Crippen LogP contribution in [0.4, 0.5) is 4.39 Å². The van der Waals surface area contributed by atoms with Gasteiger partial charge in [-0.25, -0.2) is 17.5 Å². The lowest BCUT2D eigenvalue weighted by molar-refractivity contribution is 0.0939. The molecule has 0 aliphatic rings. The molecule has 0 saturated heterocycles. The first-order chi connectivity index (χ1) is 11.2. The third-order valence-corrected chi connectivity index (χ3v) is 5.37. The van der Waals surface area contributed by atoms with Gasteiger partial charge in [0.1, 0.15) is 10.7 Å². The van der Waals surface area contributed by atoms with Crippen molar-refractivity contribution in [1.29, 1.82) is 0 Å². The smallest absolute Gasteiger partial charge is 0.251 e. The molecule has 1 amide bonds. The number of carbonyl (C=O) groups excluding carboxylic acids is 1. The summed E-state index contributed by atoms with van der Waals surface area (Å²) in [7, 11) is -2.51. The number of hydrogen-bond acceptors (Lipinski definition) is 3. The Kier molecular flexibility index (Phi) is 5.58. The van der Waals surface area contributed by atoms with E-state index in [4.69, 9.17) is 11.6 Å². The van der Waals surface area contributed by atoms with Crippen molar-refractivity contribution in [2.24, 2.45) is 0 Å². The normalized spacial score (nSPS) is 12.7. The Labute approximate surface area is 144 Å². The molecule has 24 heavy (non-hydrogen) atoms. The lowest BCUT2D eigenvalue weighted by Crippen LogP contribution is -2.27. The Morgan fingerprint density at radius 2 is 1.79 bits per heavy atom. The van der Waals surface area contributed by atoms with Crippen molar-refractivity contribution in [3.05, 3.63) is 64.4 Å². The monoisotopic (exact) mass is 370 g/mol. The number of nitrogens with one attached hydrogen (secondary N) is 2. The molecule has 1 atom stereocenters. The number of carbonyl (C=O) groups is 1. The highest BCUT2D eigenvalue weighted by Gasteiger charge is 2.19. The van der Waals surface area contributed by atoms with E-state index in [2.05, 4.69) is 10.0 Å². The summed E-state index contributed by atoms with van der Waals surface area (Å²) in [6, 6.07) is 9.36. The van der Waals surface area contributed by atoms with Crippen LogP contribution >= 0.6 is 11.6 Å². The molecule has 2 aromatic rings. The Morgan fingerprint density at radius 1 is 1.17 bits per heavy atom. The maximum atomic E-state index is 12.9. The van der Waals surface area contributed by atoms with Gasteiger partial charge in [0, 0.05) is 5.56 Å². The summed E-state index contributed by atoms with van der Waals surface area (Å²) in [5.41, 5.74) is 0.879. The van der Waals surface area contributed by atoms with Gasteiger partial charge in [-0.2, -0.15) is 0 Å². The third-order valence-electron chi connectivity index (χ3n) is 3.47. The predicted molar refractivity (Wildman–Crippen MR) is 90.0 cm³/mol. The lowest BCUT2D eigenvalue weighted by atomic mass is 10.1. The molecule has 0 unspecified atom stereocenters. The standard InChI is InChI=1S/C16H16ClFN2O3S/c1-10(11-3-6-13(18)7-4-11)20-16(21)12-5-8-14(17)15(9-12)24(22,23)19-2/h3-10,19H,1-2H3,(H,20,21)/t10-/m1/s1. The molecule has 128 valence electrons. The van der Waals surface area contributed by atoms with Gasteiger partial charge in [-0.15, -0.1) is 0 Å². The van der Waals surface area contributed by atoms with Crippen LogP contribution in [0.15, 0.2) is 47.4 Å². The minimum absolute atomic E-state index is 0.0208. The van der Waals surface area contributed by atoms with Crippen molar-refractivity contribution in [2.45, 2.75) is 17.9 Å². The highest BCUT2D eigenvalue weighted by atomic mass is 35.5. The number of halogens is 2. The number of amides is 1. The Morgan fingerprint density at radius 3 is 2.38 bits per heavy atom. The fourth-order valence-corrected chi connectivity index (χ4v) is 3.32. The van der Waals surface area contributed by atoms with Crippen LogP contribution < -0.4 is 10.0 Å². The van der Waals surface area contributed by atoms with Gasteiger partial charge in [0.2, 0.25) is 10.0 Å². The van der Waals surface area contributed by atoms with E-state index >= 15 is 0 Å². The van der Waals surface area contributed by atoms with Crippen molar-refractivity contribution in [2.75, 3.05) is 7.05 Å². The van der Waals surface area contributed by atoms with Crippen molar-refractivity contribution in [3.63, 3.8) is 0 Å². The molecule has 0 spiro atoms. The second kappa shape index (κ2) is 7.29. The van der Waals surface area contributed by atoms with Gasteiger partial charge in [0.05, 0.1) is 11.1 Å². The molecule has 8 heteroatoms. The zero-order chi connectivity index (χ0) is 17.9. The molecule has 5 nitrogen and oxygen atoms in total. The molecule has 0 aromatic heterocycles. The van der Waals surface area contributed by atoms with E-state index in [1.165, 1.54) is 37.4 Å². The second-order valence-electron chi connectivity index (χ2n) is 5.10. The van der Waals surface area contributed by atoms with Crippen LogP contribution in [0.3, 0.4) is 0 Å². The molecule has 0 radical (unpaired) electrons. The lowest BCUT2D eigenvalue weighted by Gasteiger charge is -2.15. The molecule has 2 aromatic carbocycles. The molecular formula is C16H16ClFN2O3S. The molecule has 0 saturated carbocycles. The summed E-state index contributed by atoms with van der Waals surface area (Å²) in [5, 5.41) is 2.75. The Hall–Kier alpha value is -1.96. The van der Waals surface area contributed by atoms with Crippen LogP contribution in [0.25, 0.3) is 0 Å². The molecular weight excluding hydrogens is 355 g/mol. The fourth-order valence-electron chi connectivity index (χ4n) is 2.08. The largest absolute Gasteiger partial charge is 0.346 e. The van der Waals surface area contributed by atoms with Gasteiger partial charge < -0.3 is 5.32 Å². The number of rotatable bonds is 5.